The fourth-order valence-corrected chi connectivity index (χ4v) is 3.99. The number of anilines is 1. The van der Waals surface area contributed by atoms with Gasteiger partial charge in [-0.2, -0.15) is 5.26 Å². The van der Waals surface area contributed by atoms with Crippen molar-refractivity contribution in [3.63, 3.8) is 0 Å². The highest BCUT2D eigenvalue weighted by Crippen LogP contribution is 2.33. The van der Waals surface area contributed by atoms with Gasteiger partial charge in [-0.1, -0.05) is 6.07 Å². The number of likely N-dealkylation sites (tertiary alicyclic amines) is 1. The molecule has 2 fully saturated rings. The summed E-state index contributed by atoms with van der Waals surface area (Å²) in [5.74, 6) is 1.07. The molecule has 1 atom stereocenters. The molecule has 0 saturated carbocycles. The molecule has 7 heteroatoms. The van der Waals surface area contributed by atoms with Crippen LogP contribution in [0.25, 0.3) is 0 Å². The molecule has 1 amide bonds. The van der Waals surface area contributed by atoms with E-state index in [9.17, 15) is 4.79 Å². The molecule has 26 heavy (non-hydrogen) atoms. The van der Waals surface area contributed by atoms with Crippen LogP contribution in [-0.2, 0) is 9.53 Å². The molecule has 0 aliphatic carbocycles. The summed E-state index contributed by atoms with van der Waals surface area (Å²) < 4.78 is 5.14. The normalized spacial score (nSPS) is 24.6. The van der Waals surface area contributed by atoms with Crippen LogP contribution in [0.1, 0.15) is 25.0 Å². The van der Waals surface area contributed by atoms with E-state index in [1.807, 2.05) is 17.0 Å². The summed E-state index contributed by atoms with van der Waals surface area (Å²) in [5, 5.41) is 9.12. The van der Waals surface area contributed by atoms with Crippen LogP contribution in [-0.4, -0.2) is 79.7 Å². The Morgan fingerprint density at radius 2 is 2.15 bits per heavy atom. The lowest BCUT2D eigenvalue weighted by Gasteiger charge is -2.49. The Balaban J connectivity index is 1.77. The topological polar surface area (TPSA) is 72.7 Å². The average Bonchev–Trinajstić information content (AvgIpc) is 2.82. The molecule has 0 bridgehead atoms. The van der Waals surface area contributed by atoms with Crippen LogP contribution in [0.5, 0.6) is 0 Å². The quantitative estimate of drug-likeness (QED) is 0.804. The number of hydrogen-bond acceptors (Lipinski definition) is 6. The van der Waals surface area contributed by atoms with Crippen LogP contribution >= 0.6 is 0 Å². The first-order valence-electron chi connectivity index (χ1n) is 9.18. The summed E-state index contributed by atoms with van der Waals surface area (Å²) >= 11 is 0. The van der Waals surface area contributed by atoms with Crippen LogP contribution in [0.4, 0.5) is 5.82 Å². The van der Waals surface area contributed by atoms with Gasteiger partial charge in [0.2, 0.25) is 5.91 Å². The van der Waals surface area contributed by atoms with Gasteiger partial charge >= 0.3 is 0 Å². The molecule has 2 aliphatic rings. The molecular weight excluding hydrogens is 330 g/mol. The molecule has 1 aromatic rings. The van der Waals surface area contributed by atoms with Crippen LogP contribution < -0.4 is 4.90 Å². The van der Waals surface area contributed by atoms with Crippen molar-refractivity contribution >= 4 is 11.7 Å². The molecule has 2 saturated heterocycles. The summed E-state index contributed by atoms with van der Waals surface area (Å²) in [6.07, 6.45) is 2.35. The smallest absolute Gasteiger partial charge is 0.222 e. The number of methoxy groups -OCH3 is 1. The molecule has 1 aromatic heterocycles. The van der Waals surface area contributed by atoms with Crippen molar-refractivity contribution in [1.82, 2.24) is 14.8 Å². The van der Waals surface area contributed by atoms with Gasteiger partial charge in [-0.25, -0.2) is 4.98 Å². The standard InChI is InChI=1S/C19H27N5O2/c1-22-10-11-24(17-5-3-4-16(14-20)21-17)15-19(22)7-6-18(25)23(9-8-19)12-13-26-2/h3-5H,6-13,15H2,1-2H3/t19-/m0/s1. The maximum absolute atomic E-state index is 12.5. The van der Waals surface area contributed by atoms with Gasteiger partial charge in [0.05, 0.1) is 6.61 Å². The minimum absolute atomic E-state index is 0.0416. The van der Waals surface area contributed by atoms with Crippen molar-refractivity contribution in [1.29, 1.82) is 5.26 Å². The van der Waals surface area contributed by atoms with E-state index in [1.54, 1.807) is 13.2 Å². The Hall–Kier alpha value is -2.17. The Bertz CT molecular complexity index is 689. The zero-order chi connectivity index (χ0) is 18.6. The number of nitriles is 1. The molecule has 140 valence electrons. The minimum Gasteiger partial charge on any atom is -0.383 e. The maximum Gasteiger partial charge on any atom is 0.222 e. The zero-order valence-corrected chi connectivity index (χ0v) is 15.6. The van der Waals surface area contributed by atoms with Gasteiger partial charge in [0.1, 0.15) is 17.6 Å². The average molecular weight is 357 g/mol. The number of hydrogen-bond donors (Lipinski definition) is 0. The predicted molar refractivity (Wildman–Crippen MR) is 98.8 cm³/mol. The first kappa shape index (κ1) is 18.6. The second-order valence-electron chi connectivity index (χ2n) is 7.18. The number of pyridine rings is 1. The van der Waals surface area contributed by atoms with Gasteiger partial charge in [-0.05, 0) is 32.0 Å². The number of nitrogens with zero attached hydrogens (tertiary/aromatic N) is 5. The van der Waals surface area contributed by atoms with Crippen molar-refractivity contribution < 1.29 is 9.53 Å². The number of likely N-dealkylation sites (N-methyl/N-ethyl adjacent to an activating group) is 1. The monoisotopic (exact) mass is 357 g/mol. The van der Waals surface area contributed by atoms with Crippen molar-refractivity contribution in [2.75, 3.05) is 58.4 Å². The summed E-state index contributed by atoms with van der Waals surface area (Å²) in [7, 11) is 3.82. The number of amides is 1. The van der Waals surface area contributed by atoms with Gasteiger partial charge in [-0.15, -0.1) is 0 Å². The molecule has 1 spiro atoms. The fraction of sp³-hybridized carbons (Fsp3) is 0.632. The molecule has 0 radical (unpaired) electrons. The second-order valence-corrected chi connectivity index (χ2v) is 7.18. The van der Waals surface area contributed by atoms with E-state index in [-0.39, 0.29) is 11.4 Å². The third kappa shape index (κ3) is 3.81. The van der Waals surface area contributed by atoms with E-state index in [2.05, 4.69) is 27.9 Å². The molecule has 2 aliphatic heterocycles. The fourth-order valence-electron chi connectivity index (χ4n) is 3.99. The molecule has 3 rings (SSSR count). The largest absolute Gasteiger partial charge is 0.383 e. The summed E-state index contributed by atoms with van der Waals surface area (Å²) in [5.41, 5.74) is 0.400. The predicted octanol–water partition coefficient (Wildman–Crippen LogP) is 1.10. The van der Waals surface area contributed by atoms with Gasteiger partial charge < -0.3 is 14.5 Å². The lowest BCUT2D eigenvalue weighted by Crippen LogP contribution is -2.61. The minimum atomic E-state index is -0.0416. The van der Waals surface area contributed by atoms with Crippen LogP contribution in [0, 0.1) is 11.3 Å². The van der Waals surface area contributed by atoms with E-state index in [0.717, 1.165) is 44.8 Å². The van der Waals surface area contributed by atoms with E-state index in [4.69, 9.17) is 10.00 Å². The molecular formula is C19H27N5O2. The van der Waals surface area contributed by atoms with Crippen molar-refractivity contribution in [2.24, 2.45) is 0 Å². The number of carbonyl (C=O) groups is 1. The van der Waals surface area contributed by atoms with Gasteiger partial charge in [0.25, 0.3) is 0 Å². The van der Waals surface area contributed by atoms with Gasteiger partial charge in [-0.3, -0.25) is 9.69 Å². The van der Waals surface area contributed by atoms with E-state index in [1.165, 1.54) is 0 Å². The van der Waals surface area contributed by atoms with E-state index >= 15 is 0 Å². The molecule has 0 aromatic carbocycles. The highest BCUT2D eigenvalue weighted by Gasteiger charge is 2.42. The summed E-state index contributed by atoms with van der Waals surface area (Å²) in [6, 6.07) is 7.69. The Morgan fingerprint density at radius 3 is 2.92 bits per heavy atom. The third-order valence-corrected chi connectivity index (χ3v) is 5.74. The Morgan fingerprint density at radius 1 is 1.31 bits per heavy atom. The lowest BCUT2D eigenvalue weighted by atomic mass is 9.86. The first-order valence-corrected chi connectivity index (χ1v) is 9.18. The van der Waals surface area contributed by atoms with E-state index < -0.39 is 0 Å². The van der Waals surface area contributed by atoms with E-state index in [0.29, 0.717) is 25.3 Å². The summed E-state index contributed by atoms with van der Waals surface area (Å²) in [6.45, 7) is 4.62. The summed E-state index contributed by atoms with van der Waals surface area (Å²) in [4.78, 5) is 23.5. The number of carbonyl (C=O) groups excluding carboxylic acids is 1. The SMILES string of the molecule is COCCN1CC[C@@]2(CCC1=O)CN(c1cccc(C#N)n1)CCN2C. The maximum atomic E-state index is 12.5. The molecule has 0 unspecified atom stereocenters. The van der Waals surface area contributed by atoms with Gasteiger partial charge in [0, 0.05) is 51.8 Å². The third-order valence-electron chi connectivity index (χ3n) is 5.74. The first-order chi connectivity index (χ1) is 12.6. The molecule has 0 N–H and O–H groups in total. The van der Waals surface area contributed by atoms with Crippen molar-refractivity contribution in [2.45, 2.75) is 24.8 Å². The second kappa shape index (κ2) is 8.02. The highest BCUT2D eigenvalue weighted by atomic mass is 16.5. The number of ether oxygens (including phenoxy) is 1. The zero-order valence-electron chi connectivity index (χ0n) is 15.6. The van der Waals surface area contributed by atoms with Gasteiger partial charge in [0.15, 0.2) is 0 Å². The number of rotatable bonds is 4. The highest BCUT2D eigenvalue weighted by molar-refractivity contribution is 5.76. The number of aromatic nitrogens is 1. The number of piperazine rings is 1. The Kier molecular flexibility index (Phi) is 5.74. The molecule has 3 heterocycles. The van der Waals surface area contributed by atoms with Crippen molar-refractivity contribution in [3.8, 4) is 6.07 Å². The lowest BCUT2D eigenvalue weighted by molar-refractivity contribution is -0.131. The van der Waals surface area contributed by atoms with Crippen molar-refractivity contribution in [3.05, 3.63) is 23.9 Å². The van der Waals surface area contributed by atoms with Crippen LogP contribution in [0.2, 0.25) is 0 Å². The Labute approximate surface area is 155 Å². The van der Waals surface area contributed by atoms with Crippen LogP contribution in [0.3, 0.4) is 0 Å². The van der Waals surface area contributed by atoms with Crippen LogP contribution in [0.15, 0.2) is 18.2 Å². The molecule has 7 nitrogen and oxygen atoms in total.